The molecule has 2 fully saturated rings. The highest BCUT2D eigenvalue weighted by Gasteiger charge is 2.26. The number of likely N-dealkylation sites (N-methyl/N-ethyl adjacent to an activating group) is 1. The van der Waals surface area contributed by atoms with Gasteiger partial charge in [0.1, 0.15) is 6.10 Å². The van der Waals surface area contributed by atoms with Gasteiger partial charge in [-0.3, -0.25) is 4.90 Å². The van der Waals surface area contributed by atoms with E-state index < -0.39 is 0 Å². The fraction of sp³-hybridized carbons (Fsp3) is 0.440. The minimum Gasteiger partial charge on any atom is -0.474 e. The first-order valence-corrected chi connectivity index (χ1v) is 13.1. The lowest BCUT2D eigenvalue weighted by atomic mass is 10.2. The van der Waals surface area contributed by atoms with E-state index in [1.165, 1.54) is 24.2 Å². The number of carbonyl (C=O) groups is 1. The SMILES string of the molecule is CN(CC1=CSNN1)C1CCN(c2ccc(NC(=O)Nc3ccc(OC4CCCC4)nc3)cc2)C1.[HH]. The number of hydrazine groups is 1. The minimum absolute atomic E-state index is 0. The van der Waals surface area contributed by atoms with Crippen molar-refractivity contribution in [3.63, 3.8) is 0 Å². The molecule has 35 heavy (non-hydrogen) atoms. The van der Waals surface area contributed by atoms with Crippen molar-refractivity contribution in [2.75, 3.05) is 42.2 Å². The molecule has 4 N–H and O–H groups in total. The van der Waals surface area contributed by atoms with Crippen LogP contribution in [0.4, 0.5) is 21.9 Å². The maximum absolute atomic E-state index is 12.4. The van der Waals surface area contributed by atoms with Crippen molar-refractivity contribution in [1.82, 2.24) is 20.1 Å². The van der Waals surface area contributed by atoms with Crippen LogP contribution in [0.25, 0.3) is 0 Å². The number of hydrogen-bond donors (Lipinski definition) is 4. The van der Waals surface area contributed by atoms with Gasteiger partial charge in [-0.2, -0.15) is 4.83 Å². The lowest BCUT2D eigenvalue weighted by Gasteiger charge is -2.25. The van der Waals surface area contributed by atoms with Gasteiger partial charge in [0.25, 0.3) is 0 Å². The molecule has 5 rings (SSSR count). The lowest BCUT2D eigenvalue weighted by molar-refractivity contribution is 0.201. The molecule has 1 aromatic carbocycles. The third-order valence-electron chi connectivity index (χ3n) is 6.75. The minimum atomic E-state index is -0.297. The lowest BCUT2D eigenvalue weighted by Crippen LogP contribution is -2.38. The van der Waals surface area contributed by atoms with Crippen molar-refractivity contribution in [3.05, 3.63) is 53.7 Å². The van der Waals surface area contributed by atoms with E-state index >= 15 is 0 Å². The third kappa shape index (κ3) is 6.39. The highest BCUT2D eigenvalue weighted by molar-refractivity contribution is 8.00. The summed E-state index contributed by atoms with van der Waals surface area (Å²) in [5, 5.41) is 7.83. The summed E-state index contributed by atoms with van der Waals surface area (Å²) in [4.78, 5) is 24.6. The van der Waals surface area contributed by atoms with Crippen LogP contribution in [0.5, 0.6) is 5.88 Å². The fourth-order valence-electron chi connectivity index (χ4n) is 4.79. The van der Waals surface area contributed by atoms with Crippen LogP contribution in [0.1, 0.15) is 33.5 Å². The van der Waals surface area contributed by atoms with Crippen molar-refractivity contribution in [1.29, 1.82) is 0 Å². The van der Waals surface area contributed by atoms with Gasteiger partial charge in [-0.15, -0.1) is 0 Å². The number of benzene rings is 1. The fourth-order valence-corrected chi connectivity index (χ4v) is 5.31. The summed E-state index contributed by atoms with van der Waals surface area (Å²) >= 11 is 1.57. The van der Waals surface area contributed by atoms with Crippen molar-refractivity contribution < 1.29 is 11.0 Å². The van der Waals surface area contributed by atoms with E-state index in [1.807, 2.05) is 18.2 Å². The number of nitrogens with one attached hydrogen (secondary N) is 4. The van der Waals surface area contributed by atoms with Crippen LogP contribution < -0.4 is 30.5 Å². The molecular weight excluding hydrogens is 462 g/mol. The summed E-state index contributed by atoms with van der Waals surface area (Å²) in [6, 6.07) is 11.9. The summed E-state index contributed by atoms with van der Waals surface area (Å²) < 4.78 is 5.88. The molecule has 0 spiro atoms. The number of aromatic nitrogens is 1. The largest absolute Gasteiger partial charge is 0.474 e. The standard InChI is InChI=1S/C25H33N7O2S.H2/c1-31(15-20-17-35-30-29-20)22-12-13-32(16-22)21-9-6-18(7-10-21)27-25(33)28-19-8-11-24(26-14-19)34-23-4-2-3-5-23;/h6-11,14,17,22-23,29-30H,2-5,12-13,15-16H2,1H3,(H2,27,28,33);1H. The smallest absolute Gasteiger partial charge is 0.323 e. The van der Waals surface area contributed by atoms with Gasteiger partial charge >= 0.3 is 6.03 Å². The van der Waals surface area contributed by atoms with Gasteiger partial charge in [0.05, 0.1) is 11.9 Å². The van der Waals surface area contributed by atoms with Crippen LogP contribution in [0.15, 0.2) is 53.7 Å². The molecule has 1 saturated heterocycles. The van der Waals surface area contributed by atoms with E-state index in [9.17, 15) is 4.79 Å². The molecule has 3 aliphatic rings. The summed E-state index contributed by atoms with van der Waals surface area (Å²) in [6.07, 6.45) is 7.64. The second-order valence-corrected chi connectivity index (χ2v) is 10.0. The topological polar surface area (TPSA) is 93.8 Å². The number of ether oxygens (including phenoxy) is 1. The van der Waals surface area contributed by atoms with Crippen molar-refractivity contribution in [2.45, 2.75) is 44.2 Å². The van der Waals surface area contributed by atoms with Gasteiger partial charge in [-0.25, -0.2) is 9.78 Å². The number of anilines is 3. The second-order valence-electron chi connectivity index (χ2n) is 9.33. The quantitative estimate of drug-likeness (QED) is 0.399. The van der Waals surface area contributed by atoms with Crippen LogP contribution >= 0.6 is 11.9 Å². The number of amides is 2. The molecule has 1 aromatic heterocycles. The normalized spacial score (nSPS) is 20.1. The molecule has 0 bridgehead atoms. The molecule has 10 heteroatoms. The Morgan fingerprint density at radius 3 is 2.66 bits per heavy atom. The van der Waals surface area contributed by atoms with Crippen LogP contribution in [-0.2, 0) is 0 Å². The van der Waals surface area contributed by atoms with Crippen LogP contribution in [0, 0.1) is 0 Å². The summed E-state index contributed by atoms with van der Waals surface area (Å²) in [7, 11) is 2.18. The van der Waals surface area contributed by atoms with Gasteiger partial charge in [0.2, 0.25) is 5.88 Å². The molecule has 0 radical (unpaired) electrons. The average molecular weight is 498 g/mol. The molecule has 2 aliphatic heterocycles. The summed E-state index contributed by atoms with van der Waals surface area (Å²) in [6.45, 7) is 2.92. The molecule has 3 heterocycles. The predicted molar refractivity (Wildman–Crippen MR) is 144 cm³/mol. The first-order chi connectivity index (χ1) is 17.1. The van der Waals surface area contributed by atoms with Gasteiger partial charge in [-0.1, -0.05) is 0 Å². The number of hydrogen-bond acceptors (Lipinski definition) is 8. The van der Waals surface area contributed by atoms with E-state index in [0.717, 1.165) is 44.6 Å². The zero-order valence-electron chi connectivity index (χ0n) is 20.0. The van der Waals surface area contributed by atoms with Crippen molar-refractivity contribution in [3.8, 4) is 5.88 Å². The maximum atomic E-state index is 12.4. The molecule has 1 atom stereocenters. The average Bonchev–Trinajstić information content (AvgIpc) is 3.64. The van der Waals surface area contributed by atoms with Gasteiger partial charge in [0, 0.05) is 55.6 Å². The van der Waals surface area contributed by atoms with Gasteiger partial charge in [0.15, 0.2) is 0 Å². The molecular formula is C25H35N7O2S. The Labute approximate surface area is 212 Å². The van der Waals surface area contributed by atoms with E-state index in [-0.39, 0.29) is 13.6 Å². The van der Waals surface area contributed by atoms with Crippen LogP contribution in [0.2, 0.25) is 0 Å². The number of nitrogens with zero attached hydrogens (tertiary/aromatic N) is 3. The molecule has 188 valence electrons. The van der Waals surface area contributed by atoms with Crippen LogP contribution in [-0.4, -0.2) is 54.7 Å². The zero-order chi connectivity index (χ0) is 24.0. The predicted octanol–water partition coefficient (Wildman–Crippen LogP) is 4.40. The third-order valence-corrected chi connectivity index (χ3v) is 7.37. The Kier molecular flexibility index (Phi) is 7.60. The number of urea groups is 1. The van der Waals surface area contributed by atoms with Crippen molar-refractivity contribution in [2.24, 2.45) is 0 Å². The van der Waals surface area contributed by atoms with Crippen LogP contribution in [0.3, 0.4) is 0 Å². The molecule has 2 aromatic rings. The van der Waals surface area contributed by atoms with E-state index in [0.29, 0.717) is 17.6 Å². The number of carbonyl (C=O) groups excluding carboxylic acids is 1. The molecule has 1 unspecified atom stereocenters. The monoisotopic (exact) mass is 497 g/mol. The molecule has 9 nitrogen and oxygen atoms in total. The molecule has 2 amide bonds. The van der Waals surface area contributed by atoms with E-state index in [2.05, 4.69) is 60.3 Å². The zero-order valence-corrected chi connectivity index (χ0v) is 20.8. The Balaban J connectivity index is 0.00000304. The Morgan fingerprint density at radius 2 is 1.94 bits per heavy atom. The van der Waals surface area contributed by atoms with E-state index in [4.69, 9.17) is 4.74 Å². The number of pyridine rings is 1. The maximum Gasteiger partial charge on any atom is 0.323 e. The summed E-state index contributed by atoms with van der Waals surface area (Å²) in [5.74, 6) is 0.608. The Morgan fingerprint density at radius 1 is 1.17 bits per heavy atom. The van der Waals surface area contributed by atoms with Gasteiger partial charge in [-0.05, 0) is 81.4 Å². The van der Waals surface area contributed by atoms with Gasteiger partial charge < -0.3 is 25.7 Å². The summed E-state index contributed by atoms with van der Waals surface area (Å²) in [5.41, 5.74) is 6.93. The Hall–Kier alpha value is -2.95. The first-order valence-electron chi connectivity index (χ1n) is 12.2. The first kappa shape index (κ1) is 23.8. The van der Waals surface area contributed by atoms with Crippen molar-refractivity contribution >= 4 is 35.0 Å². The molecule has 1 saturated carbocycles. The molecule has 1 aliphatic carbocycles. The number of rotatable bonds is 8. The highest BCUT2D eigenvalue weighted by atomic mass is 32.2. The Bertz CT molecular complexity index is 1030. The highest BCUT2D eigenvalue weighted by Crippen LogP contribution is 2.26. The van der Waals surface area contributed by atoms with E-state index in [1.54, 1.807) is 24.2 Å². The second kappa shape index (κ2) is 11.2.